The Labute approximate surface area is 144 Å². The summed E-state index contributed by atoms with van der Waals surface area (Å²) in [7, 11) is 0. The van der Waals surface area contributed by atoms with Gasteiger partial charge < -0.3 is 4.90 Å². The van der Waals surface area contributed by atoms with Crippen molar-refractivity contribution < 1.29 is 9.59 Å². The number of aryl methyl sites for hydroxylation is 1. The zero-order valence-corrected chi connectivity index (χ0v) is 14.7. The number of imide groups is 1. The number of nitrogens with zero attached hydrogens (tertiary/aromatic N) is 2. The third kappa shape index (κ3) is 3.10. The number of hydrogen-bond acceptors (Lipinski definition) is 3. The molecule has 0 saturated carbocycles. The lowest BCUT2D eigenvalue weighted by Gasteiger charge is -2.20. The number of benzene rings is 1. The van der Waals surface area contributed by atoms with Crippen LogP contribution in [0.2, 0.25) is 0 Å². The summed E-state index contributed by atoms with van der Waals surface area (Å²) in [6, 6.07) is 7.92. The van der Waals surface area contributed by atoms with E-state index in [-0.39, 0.29) is 11.8 Å². The molecule has 0 aliphatic carbocycles. The van der Waals surface area contributed by atoms with Gasteiger partial charge in [-0.2, -0.15) is 0 Å². The zero-order chi connectivity index (χ0) is 17.1. The van der Waals surface area contributed by atoms with Crippen molar-refractivity contribution >= 4 is 17.4 Å². The second-order valence-electron chi connectivity index (χ2n) is 6.75. The molecular weight excluding hydrogens is 300 g/mol. The highest BCUT2D eigenvalue weighted by Crippen LogP contribution is 2.33. The minimum Gasteiger partial charge on any atom is -0.366 e. The average molecular weight is 326 g/mol. The van der Waals surface area contributed by atoms with Crippen LogP contribution in [-0.4, -0.2) is 41.2 Å². The summed E-state index contributed by atoms with van der Waals surface area (Å²) in [5, 5.41) is 0. The predicted octanol–water partition coefficient (Wildman–Crippen LogP) is 3.36. The van der Waals surface area contributed by atoms with E-state index in [2.05, 4.69) is 11.8 Å². The van der Waals surface area contributed by atoms with Gasteiger partial charge in [0.1, 0.15) is 5.70 Å². The Kier molecular flexibility index (Phi) is 5.03. The molecule has 1 saturated heterocycles. The van der Waals surface area contributed by atoms with Gasteiger partial charge in [-0.05, 0) is 31.7 Å². The van der Waals surface area contributed by atoms with Gasteiger partial charge in [-0.1, -0.05) is 49.6 Å². The maximum absolute atomic E-state index is 13.0. The minimum atomic E-state index is -0.123. The van der Waals surface area contributed by atoms with Crippen LogP contribution in [0.3, 0.4) is 0 Å². The van der Waals surface area contributed by atoms with E-state index in [0.29, 0.717) is 17.8 Å². The lowest BCUT2D eigenvalue weighted by atomic mass is 10.0. The standard InChI is InChI=1S/C20H26N2O2/c1-3-4-5-14-22-19(23)17(16-10-8-15(2)9-11-16)18(20(22)24)21-12-6-7-13-21/h8-11H,3-7,12-14H2,1-2H3. The van der Waals surface area contributed by atoms with Gasteiger partial charge in [0.25, 0.3) is 11.8 Å². The van der Waals surface area contributed by atoms with Gasteiger partial charge in [-0.25, -0.2) is 0 Å². The third-order valence-electron chi connectivity index (χ3n) is 4.89. The second-order valence-corrected chi connectivity index (χ2v) is 6.75. The predicted molar refractivity (Wildman–Crippen MR) is 95.2 cm³/mol. The first-order valence-corrected chi connectivity index (χ1v) is 9.06. The van der Waals surface area contributed by atoms with Crippen LogP contribution < -0.4 is 0 Å². The first-order chi connectivity index (χ1) is 11.6. The van der Waals surface area contributed by atoms with Crippen molar-refractivity contribution in [1.82, 2.24) is 9.80 Å². The largest absolute Gasteiger partial charge is 0.366 e. The fourth-order valence-electron chi connectivity index (χ4n) is 3.50. The summed E-state index contributed by atoms with van der Waals surface area (Å²) < 4.78 is 0. The van der Waals surface area contributed by atoms with Crippen LogP contribution in [0.25, 0.3) is 5.57 Å². The molecule has 128 valence electrons. The molecule has 3 rings (SSSR count). The fourth-order valence-corrected chi connectivity index (χ4v) is 3.50. The normalized spacial score (nSPS) is 18.2. The van der Waals surface area contributed by atoms with Crippen LogP contribution in [0.1, 0.15) is 50.2 Å². The molecule has 24 heavy (non-hydrogen) atoms. The molecule has 0 radical (unpaired) electrons. The highest BCUT2D eigenvalue weighted by atomic mass is 16.2. The molecule has 2 amide bonds. The number of carbonyl (C=O) groups excluding carboxylic acids is 2. The molecule has 1 aromatic carbocycles. The molecule has 1 aromatic rings. The SMILES string of the molecule is CCCCCN1C(=O)C(c2ccc(C)cc2)=C(N2CCCC2)C1=O. The lowest BCUT2D eigenvalue weighted by Crippen LogP contribution is -2.35. The molecule has 0 N–H and O–H groups in total. The smallest absolute Gasteiger partial charge is 0.277 e. The molecule has 2 aliphatic rings. The molecule has 4 heteroatoms. The summed E-state index contributed by atoms with van der Waals surface area (Å²) in [6.45, 7) is 6.41. The van der Waals surface area contributed by atoms with E-state index in [1.54, 1.807) is 0 Å². The van der Waals surface area contributed by atoms with Crippen LogP contribution in [0, 0.1) is 6.92 Å². The quantitative estimate of drug-likeness (QED) is 0.594. The Morgan fingerprint density at radius 3 is 2.25 bits per heavy atom. The van der Waals surface area contributed by atoms with E-state index >= 15 is 0 Å². The summed E-state index contributed by atoms with van der Waals surface area (Å²) in [6.07, 6.45) is 5.16. The molecule has 0 unspecified atom stereocenters. The monoisotopic (exact) mass is 326 g/mol. The van der Waals surface area contributed by atoms with Crippen LogP contribution in [0.5, 0.6) is 0 Å². The van der Waals surface area contributed by atoms with Gasteiger partial charge in [-0.3, -0.25) is 14.5 Å². The first kappa shape index (κ1) is 16.7. The van der Waals surface area contributed by atoms with Crippen LogP contribution in [0.4, 0.5) is 0 Å². The fraction of sp³-hybridized carbons (Fsp3) is 0.500. The van der Waals surface area contributed by atoms with Crippen LogP contribution >= 0.6 is 0 Å². The Hall–Kier alpha value is -2.10. The minimum absolute atomic E-state index is 0.103. The van der Waals surface area contributed by atoms with E-state index in [0.717, 1.165) is 56.3 Å². The van der Waals surface area contributed by atoms with Crippen molar-refractivity contribution in [3.63, 3.8) is 0 Å². The Morgan fingerprint density at radius 1 is 0.958 bits per heavy atom. The van der Waals surface area contributed by atoms with Gasteiger partial charge in [-0.15, -0.1) is 0 Å². The molecule has 2 aliphatic heterocycles. The number of likely N-dealkylation sites (tertiary alicyclic amines) is 1. The number of rotatable bonds is 6. The van der Waals surface area contributed by atoms with E-state index in [9.17, 15) is 9.59 Å². The summed E-state index contributed by atoms with van der Waals surface area (Å²) in [5.41, 5.74) is 3.23. The zero-order valence-electron chi connectivity index (χ0n) is 14.7. The van der Waals surface area contributed by atoms with Crippen molar-refractivity contribution in [2.75, 3.05) is 19.6 Å². The van der Waals surface area contributed by atoms with E-state index < -0.39 is 0 Å². The van der Waals surface area contributed by atoms with Gasteiger partial charge in [0.15, 0.2) is 0 Å². The van der Waals surface area contributed by atoms with E-state index in [1.165, 1.54) is 4.90 Å². The maximum Gasteiger partial charge on any atom is 0.277 e. The lowest BCUT2D eigenvalue weighted by molar-refractivity contribution is -0.137. The first-order valence-electron chi connectivity index (χ1n) is 9.06. The van der Waals surface area contributed by atoms with Gasteiger partial charge in [0, 0.05) is 19.6 Å². The molecule has 0 bridgehead atoms. The topological polar surface area (TPSA) is 40.6 Å². The molecule has 0 aromatic heterocycles. The summed E-state index contributed by atoms with van der Waals surface area (Å²) in [5.74, 6) is -0.226. The van der Waals surface area contributed by atoms with Crippen molar-refractivity contribution in [2.45, 2.75) is 46.0 Å². The molecule has 2 heterocycles. The Bertz CT molecular complexity index is 655. The van der Waals surface area contributed by atoms with E-state index in [4.69, 9.17) is 0 Å². The van der Waals surface area contributed by atoms with Crippen molar-refractivity contribution in [3.05, 3.63) is 41.1 Å². The van der Waals surface area contributed by atoms with Crippen molar-refractivity contribution in [1.29, 1.82) is 0 Å². The van der Waals surface area contributed by atoms with Crippen molar-refractivity contribution in [3.8, 4) is 0 Å². The van der Waals surface area contributed by atoms with Gasteiger partial charge in [0.05, 0.1) is 5.57 Å². The second kappa shape index (κ2) is 7.20. The molecule has 0 spiro atoms. The average Bonchev–Trinajstić information content (AvgIpc) is 3.17. The number of unbranched alkanes of at least 4 members (excludes halogenated alkanes) is 2. The number of hydrogen-bond donors (Lipinski definition) is 0. The molecule has 0 atom stereocenters. The van der Waals surface area contributed by atoms with Crippen molar-refractivity contribution in [2.24, 2.45) is 0 Å². The van der Waals surface area contributed by atoms with Gasteiger partial charge >= 0.3 is 0 Å². The maximum atomic E-state index is 13.0. The third-order valence-corrected chi connectivity index (χ3v) is 4.89. The molecular formula is C20H26N2O2. The summed E-state index contributed by atoms with van der Waals surface area (Å²) >= 11 is 0. The van der Waals surface area contributed by atoms with Crippen LogP contribution in [0.15, 0.2) is 30.0 Å². The number of amides is 2. The highest BCUT2D eigenvalue weighted by molar-refractivity contribution is 6.35. The Morgan fingerprint density at radius 2 is 1.62 bits per heavy atom. The highest BCUT2D eigenvalue weighted by Gasteiger charge is 2.41. The summed E-state index contributed by atoms with van der Waals surface area (Å²) in [4.78, 5) is 29.5. The number of carbonyl (C=O) groups is 2. The Balaban J connectivity index is 1.96. The molecule has 4 nitrogen and oxygen atoms in total. The van der Waals surface area contributed by atoms with E-state index in [1.807, 2.05) is 31.2 Å². The van der Waals surface area contributed by atoms with Crippen LogP contribution in [-0.2, 0) is 9.59 Å². The van der Waals surface area contributed by atoms with Gasteiger partial charge in [0.2, 0.25) is 0 Å². The molecule has 1 fully saturated rings.